The molecule has 0 unspecified atom stereocenters. The number of hydrogen-bond acceptors (Lipinski definition) is 7. The first-order valence-corrected chi connectivity index (χ1v) is 16.9. The topological polar surface area (TPSA) is 160 Å². The summed E-state index contributed by atoms with van der Waals surface area (Å²) < 4.78 is 33.6. The molecule has 0 saturated carbocycles. The number of carbonyl (C=O) groups is 3. The quantitative estimate of drug-likeness (QED) is 0.264. The van der Waals surface area contributed by atoms with Crippen LogP contribution in [-0.4, -0.2) is 75.4 Å². The molecule has 4 rings (SSSR count). The Hall–Kier alpha value is -3.48. The average Bonchev–Trinajstić information content (AvgIpc) is 3.40. The summed E-state index contributed by atoms with van der Waals surface area (Å²) in [5, 5.41) is 5.86. The van der Waals surface area contributed by atoms with Crippen LogP contribution in [-0.2, 0) is 30.8 Å². The third-order valence-corrected chi connectivity index (χ3v) is 10.2. The van der Waals surface area contributed by atoms with E-state index in [2.05, 4.69) is 15.4 Å². The number of sulfonamides is 1. The van der Waals surface area contributed by atoms with Gasteiger partial charge in [-0.25, -0.2) is 13.1 Å². The molecule has 3 amide bonds. The molecule has 0 aromatic heterocycles. The van der Waals surface area contributed by atoms with Gasteiger partial charge in [-0.3, -0.25) is 14.4 Å². The van der Waals surface area contributed by atoms with Crippen LogP contribution in [0.3, 0.4) is 0 Å². The van der Waals surface area contributed by atoms with Crippen molar-refractivity contribution in [2.24, 2.45) is 11.7 Å². The van der Waals surface area contributed by atoms with Crippen molar-refractivity contribution in [3.8, 4) is 5.75 Å². The van der Waals surface area contributed by atoms with Crippen LogP contribution in [0.2, 0.25) is 0 Å². The van der Waals surface area contributed by atoms with E-state index in [9.17, 15) is 22.8 Å². The number of nitrogens with one attached hydrogen (secondary N) is 3. The van der Waals surface area contributed by atoms with Crippen molar-refractivity contribution < 1.29 is 27.5 Å². The molecule has 240 valence electrons. The van der Waals surface area contributed by atoms with Crippen LogP contribution < -0.4 is 25.8 Å². The maximum atomic E-state index is 14.1. The summed E-state index contributed by atoms with van der Waals surface area (Å²) in [4.78, 5) is 42.2. The van der Waals surface area contributed by atoms with E-state index >= 15 is 0 Å². The highest BCUT2D eigenvalue weighted by atomic mass is 32.2. The van der Waals surface area contributed by atoms with Crippen molar-refractivity contribution in [3.05, 3.63) is 59.7 Å². The lowest BCUT2D eigenvalue weighted by Gasteiger charge is -2.32. The monoisotopic (exact) mass is 627 g/mol. The van der Waals surface area contributed by atoms with Gasteiger partial charge in [-0.05, 0) is 87.6 Å². The Morgan fingerprint density at radius 1 is 1.02 bits per heavy atom. The van der Waals surface area contributed by atoms with Gasteiger partial charge in [-0.2, -0.15) is 0 Å². The van der Waals surface area contributed by atoms with E-state index in [1.807, 2.05) is 31.2 Å². The van der Waals surface area contributed by atoms with Crippen LogP contribution in [0.1, 0.15) is 56.6 Å². The number of rotatable bonds is 13. The van der Waals surface area contributed by atoms with E-state index in [1.54, 1.807) is 43.2 Å². The molecule has 44 heavy (non-hydrogen) atoms. The van der Waals surface area contributed by atoms with Crippen molar-refractivity contribution in [2.75, 3.05) is 20.2 Å². The minimum absolute atomic E-state index is 0.0975. The maximum Gasteiger partial charge on any atom is 0.246 e. The zero-order chi connectivity index (χ0) is 31.9. The van der Waals surface area contributed by atoms with Gasteiger partial charge in [-0.1, -0.05) is 36.8 Å². The number of ether oxygens (including phenoxy) is 1. The summed E-state index contributed by atoms with van der Waals surface area (Å²) in [6.45, 7) is 4.19. The molecule has 0 spiro atoms. The third-order valence-electron chi connectivity index (χ3n) is 8.75. The number of fused-ring (bicyclic) bond motifs is 1. The lowest BCUT2D eigenvalue weighted by atomic mass is 9.90. The number of methoxy groups -OCH3 is 1. The van der Waals surface area contributed by atoms with Gasteiger partial charge in [0.2, 0.25) is 27.7 Å². The van der Waals surface area contributed by atoms with Crippen molar-refractivity contribution in [1.29, 1.82) is 0 Å². The van der Waals surface area contributed by atoms with Crippen molar-refractivity contribution in [2.45, 2.75) is 87.9 Å². The van der Waals surface area contributed by atoms with Crippen LogP contribution >= 0.6 is 0 Å². The van der Waals surface area contributed by atoms with Crippen molar-refractivity contribution in [1.82, 2.24) is 20.3 Å². The molecule has 2 aromatic rings. The number of nitrogens with zero attached hydrogens (tertiary/aromatic N) is 1. The second kappa shape index (κ2) is 15.0. The summed E-state index contributed by atoms with van der Waals surface area (Å²) in [5.74, 6) is -0.537. The van der Waals surface area contributed by atoms with E-state index in [-0.39, 0.29) is 35.2 Å². The van der Waals surface area contributed by atoms with Gasteiger partial charge >= 0.3 is 0 Å². The predicted molar refractivity (Wildman–Crippen MR) is 167 cm³/mol. The van der Waals surface area contributed by atoms with E-state index in [0.717, 1.165) is 16.9 Å². The Labute approximate surface area is 260 Å². The second-order valence-corrected chi connectivity index (χ2v) is 13.5. The Balaban J connectivity index is 1.44. The molecule has 0 radical (unpaired) electrons. The zero-order valence-electron chi connectivity index (χ0n) is 25.8. The maximum absolute atomic E-state index is 14.1. The zero-order valence-corrected chi connectivity index (χ0v) is 26.6. The van der Waals surface area contributed by atoms with Crippen LogP contribution in [0.25, 0.3) is 0 Å². The number of carbonyl (C=O) groups excluding carboxylic acids is 3. The smallest absolute Gasteiger partial charge is 0.246 e. The normalized spacial score (nSPS) is 22.5. The fourth-order valence-electron chi connectivity index (χ4n) is 6.05. The highest BCUT2D eigenvalue weighted by molar-refractivity contribution is 7.89. The van der Waals surface area contributed by atoms with Crippen molar-refractivity contribution in [3.63, 3.8) is 0 Å². The van der Waals surface area contributed by atoms with E-state index in [1.165, 1.54) is 0 Å². The van der Waals surface area contributed by atoms with Gasteiger partial charge in [0.1, 0.15) is 17.8 Å². The second-order valence-electron chi connectivity index (χ2n) is 11.7. The number of benzene rings is 2. The van der Waals surface area contributed by atoms with Gasteiger partial charge in [-0.15, -0.1) is 0 Å². The Kier molecular flexibility index (Phi) is 11.4. The highest BCUT2D eigenvalue weighted by Gasteiger charge is 2.47. The number of hydrogen-bond donors (Lipinski definition) is 4. The molecule has 2 aliphatic rings. The molecule has 2 aliphatic heterocycles. The average molecular weight is 628 g/mol. The van der Waals surface area contributed by atoms with Crippen LogP contribution in [0.15, 0.2) is 53.4 Å². The molecule has 2 aromatic carbocycles. The standard InChI is InChI=1S/C32H45N5O6S/c1-4-27(33)30(38)36-29-23(18-20-35-44(41,42)26-14-5-21(2)6-15-26)9-10-24-11-16-28(37(24)32(29)40)31(39)34-19-17-22-7-12-25(43-3)13-8-22/h5-8,12-15,23-24,27-29,35H,4,9-11,16-20,33H2,1-3H3,(H,34,39)(H,36,38)/t23-,24+,27+,28+,29+/m1/s1. The SMILES string of the molecule is CC[C@H](N)C(=O)N[C@@H]1C(=O)N2[C@@H](CC[C@@H]1CCNS(=O)(=O)c1ccc(C)cc1)CC[C@H]2C(=O)NCCc1ccc(OC)cc1. The minimum atomic E-state index is -3.74. The number of amides is 3. The fraction of sp³-hybridized carbons (Fsp3) is 0.531. The van der Waals surface area contributed by atoms with Crippen LogP contribution in [0, 0.1) is 12.8 Å². The lowest BCUT2D eigenvalue weighted by Crippen LogP contribution is -2.58. The highest BCUT2D eigenvalue weighted by Crippen LogP contribution is 2.35. The first kappa shape index (κ1) is 33.4. The van der Waals surface area contributed by atoms with Crippen LogP contribution in [0.5, 0.6) is 5.75 Å². The fourth-order valence-corrected chi connectivity index (χ4v) is 7.10. The van der Waals surface area contributed by atoms with Gasteiger partial charge < -0.3 is 26.0 Å². The van der Waals surface area contributed by atoms with Gasteiger partial charge in [0.05, 0.1) is 18.0 Å². The molecular weight excluding hydrogens is 582 g/mol. The molecule has 5 atom stereocenters. The number of nitrogens with two attached hydrogens (primary N) is 1. The van der Waals surface area contributed by atoms with E-state index in [0.29, 0.717) is 51.5 Å². The number of aryl methyl sites for hydroxylation is 1. The van der Waals surface area contributed by atoms with E-state index < -0.39 is 34.1 Å². The minimum Gasteiger partial charge on any atom is -0.497 e. The molecule has 0 bridgehead atoms. The Morgan fingerprint density at radius 3 is 2.36 bits per heavy atom. The summed E-state index contributed by atoms with van der Waals surface area (Å²) in [7, 11) is -2.13. The van der Waals surface area contributed by atoms with Crippen LogP contribution in [0.4, 0.5) is 0 Å². The summed E-state index contributed by atoms with van der Waals surface area (Å²) in [5.41, 5.74) is 8.00. The lowest BCUT2D eigenvalue weighted by molar-refractivity contribution is -0.143. The first-order valence-electron chi connectivity index (χ1n) is 15.4. The summed E-state index contributed by atoms with van der Waals surface area (Å²) in [6.07, 6.45) is 3.85. The molecular formula is C32H45N5O6S. The molecule has 2 saturated heterocycles. The molecule has 0 aliphatic carbocycles. The molecule has 2 heterocycles. The molecule has 2 fully saturated rings. The summed E-state index contributed by atoms with van der Waals surface area (Å²) >= 11 is 0. The molecule has 5 N–H and O–H groups in total. The van der Waals surface area contributed by atoms with Gasteiger partial charge in [0.15, 0.2) is 0 Å². The summed E-state index contributed by atoms with van der Waals surface area (Å²) in [6, 6.07) is 11.8. The van der Waals surface area contributed by atoms with E-state index in [4.69, 9.17) is 10.5 Å². The third kappa shape index (κ3) is 8.16. The molecule has 11 nitrogen and oxygen atoms in total. The first-order chi connectivity index (χ1) is 21.0. The van der Waals surface area contributed by atoms with Gasteiger partial charge in [0, 0.05) is 19.1 Å². The Morgan fingerprint density at radius 2 is 1.70 bits per heavy atom. The molecule has 12 heteroatoms. The Bertz CT molecular complexity index is 1400. The predicted octanol–water partition coefficient (Wildman–Crippen LogP) is 2.02. The largest absolute Gasteiger partial charge is 0.497 e. The van der Waals surface area contributed by atoms with Gasteiger partial charge in [0.25, 0.3) is 0 Å². The van der Waals surface area contributed by atoms with Crippen molar-refractivity contribution >= 4 is 27.7 Å².